The third kappa shape index (κ3) is 4.44. The molecule has 2 N–H and O–H groups in total. The molecule has 2 amide bonds. The van der Waals surface area contributed by atoms with Gasteiger partial charge in [0.1, 0.15) is 5.58 Å². The van der Waals surface area contributed by atoms with E-state index in [1.807, 2.05) is 30.5 Å². The van der Waals surface area contributed by atoms with E-state index in [-0.39, 0.29) is 18.2 Å². The highest BCUT2D eigenvalue weighted by atomic mass is 32.1. The quantitative estimate of drug-likeness (QED) is 0.440. The molecule has 4 aromatic rings. The van der Waals surface area contributed by atoms with E-state index in [4.69, 9.17) is 4.42 Å². The summed E-state index contributed by atoms with van der Waals surface area (Å²) < 4.78 is 5.62. The molecule has 0 saturated carbocycles. The highest BCUT2D eigenvalue weighted by Crippen LogP contribution is 2.31. The van der Waals surface area contributed by atoms with Crippen molar-refractivity contribution in [3.05, 3.63) is 57.5 Å². The van der Waals surface area contributed by atoms with Crippen molar-refractivity contribution in [1.29, 1.82) is 0 Å². The number of furan rings is 1. The molecule has 0 bridgehead atoms. The van der Waals surface area contributed by atoms with Gasteiger partial charge >= 0.3 is 0 Å². The molecule has 0 atom stereocenters. The molecule has 0 aliphatic heterocycles. The monoisotopic (exact) mass is 439 g/mol. The van der Waals surface area contributed by atoms with Gasteiger partial charge in [0, 0.05) is 28.1 Å². The summed E-state index contributed by atoms with van der Waals surface area (Å²) in [4.78, 5) is 30.2. The average molecular weight is 440 g/mol. The summed E-state index contributed by atoms with van der Waals surface area (Å²) in [7, 11) is 0. The van der Waals surface area contributed by atoms with Crippen LogP contribution in [-0.2, 0) is 22.6 Å². The van der Waals surface area contributed by atoms with Gasteiger partial charge in [-0.3, -0.25) is 9.59 Å². The molecule has 3 aromatic heterocycles. The molecular formula is C22H21N3O3S2. The zero-order chi connectivity index (χ0) is 21.3. The molecule has 0 aliphatic carbocycles. The summed E-state index contributed by atoms with van der Waals surface area (Å²) >= 11 is 2.96. The number of thiophene rings is 1. The Morgan fingerprint density at radius 2 is 1.97 bits per heavy atom. The second-order valence-electron chi connectivity index (χ2n) is 7.13. The summed E-state index contributed by atoms with van der Waals surface area (Å²) in [5, 5.41) is 9.12. The molecule has 0 fully saturated rings. The van der Waals surface area contributed by atoms with Crippen molar-refractivity contribution in [2.24, 2.45) is 0 Å². The fourth-order valence-corrected chi connectivity index (χ4v) is 4.79. The Balaban J connectivity index is 1.42. The van der Waals surface area contributed by atoms with Crippen LogP contribution in [0.5, 0.6) is 0 Å². The molecule has 3 heterocycles. The predicted octanol–water partition coefficient (Wildman–Crippen LogP) is 5.05. The van der Waals surface area contributed by atoms with Crippen LogP contribution in [0.2, 0.25) is 0 Å². The Morgan fingerprint density at radius 1 is 1.17 bits per heavy atom. The first-order valence-electron chi connectivity index (χ1n) is 9.45. The maximum atomic E-state index is 12.6. The van der Waals surface area contributed by atoms with Gasteiger partial charge < -0.3 is 15.1 Å². The van der Waals surface area contributed by atoms with Gasteiger partial charge in [-0.15, -0.1) is 22.7 Å². The van der Waals surface area contributed by atoms with Gasteiger partial charge in [0.2, 0.25) is 11.8 Å². The van der Waals surface area contributed by atoms with Crippen LogP contribution in [0.25, 0.3) is 21.5 Å². The number of fused-ring (bicyclic) bond motifs is 1. The van der Waals surface area contributed by atoms with Gasteiger partial charge in [-0.05, 0) is 49.2 Å². The highest BCUT2D eigenvalue weighted by Gasteiger charge is 2.14. The molecule has 4 rings (SSSR count). The number of carbonyl (C=O) groups is 2. The van der Waals surface area contributed by atoms with Crippen molar-refractivity contribution in [1.82, 2.24) is 10.3 Å². The molecule has 154 valence electrons. The van der Waals surface area contributed by atoms with E-state index in [1.54, 1.807) is 17.6 Å². The number of benzene rings is 1. The number of rotatable bonds is 6. The van der Waals surface area contributed by atoms with Crippen molar-refractivity contribution in [2.45, 2.75) is 33.7 Å². The van der Waals surface area contributed by atoms with Crippen LogP contribution in [0, 0.1) is 13.8 Å². The predicted molar refractivity (Wildman–Crippen MR) is 121 cm³/mol. The van der Waals surface area contributed by atoms with Gasteiger partial charge in [0.25, 0.3) is 0 Å². The van der Waals surface area contributed by atoms with Gasteiger partial charge in [-0.2, -0.15) is 0 Å². The third-order valence-electron chi connectivity index (χ3n) is 4.80. The van der Waals surface area contributed by atoms with Crippen LogP contribution in [-0.4, -0.2) is 16.8 Å². The number of hydrogen-bond donors (Lipinski definition) is 2. The third-order valence-corrected chi connectivity index (χ3v) is 6.66. The lowest BCUT2D eigenvalue weighted by Gasteiger charge is -2.02. The minimum Gasteiger partial charge on any atom is -0.464 e. The maximum absolute atomic E-state index is 12.6. The van der Waals surface area contributed by atoms with E-state index in [2.05, 4.69) is 28.6 Å². The van der Waals surface area contributed by atoms with Gasteiger partial charge in [-0.1, -0.05) is 0 Å². The summed E-state index contributed by atoms with van der Waals surface area (Å²) in [5.41, 5.74) is 4.81. The molecule has 8 heteroatoms. The Bertz CT molecular complexity index is 1240. The van der Waals surface area contributed by atoms with Crippen molar-refractivity contribution < 1.29 is 14.0 Å². The lowest BCUT2D eigenvalue weighted by Crippen LogP contribution is -2.17. The number of hydrogen-bond acceptors (Lipinski definition) is 6. The van der Waals surface area contributed by atoms with Crippen LogP contribution >= 0.6 is 22.7 Å². The summed E-state index contributed by atoms with van der Waals surface area (Å²) in [6.45, 7) is 6.10. The van der Waals surface area contributed by atoms with Crippen LogP contribution < -0.4 is 10.6 Å². The maximum Gasteiger partial charge on any atom is 0.230 e. The van der Waals surface area contributed by atoms with E-state index < -0.39 is 0 Å². The number of carbonyl (C=O) groups excluding carboxylic acids is 2. The fraction of sp³-hybridized carbons (Fsp3) is 0.227. The Hall–Kier alpha value is -2.97. The normalized spacial score (nSPS) is 11.0. The molecule has 1 aromatic carbocycles. The Labute approximate surface area is 181 Å². The number of amides is 2. The molecular weight excluding hydrogens is 418 g/mol. The van der Waals surface area contributed by atoms with Crippen molar-refractivity contribution >= 4 is 50.6 Å². The van der Waals surface area contributed by atoms with E-state index >= 15 is 0 Å². The first kappa shape index (κ1) is 20.3. The van der Waals surface area contributed by atoms with Crippen molar-refractivity contribution in [2.75, 3.05) is 5.32 Å². The van der Waals surface area contributed by atoms with Crippen LogP contribution in [0.1, 0.15) is 28.5 Å². The van der Waals surface area contributed by atoms with E-state index in [9.17, 15) is 9.59 Å². The SMILES string of the molecule is CC(=O)NCc1ccc(-c2csc(NC(=O)Cc3coc4cc(C)c(C)cc34)n2)s1. The van der Waals surface area contributed by atoms with Gasteiger partial charge in [-0.25, -0.2) is 4.98 Å². The number of anilines is 1. The molecule has 30 heavy (non-hydrogen) atoms. The fourth-order valence-electron chi connectivity index (χ4n) is 3.08. The van der Waals surface area contributed by atoms with Crippen LogP contribution in [0.15, 0.2) is 40.3 Å². The number of nitrogens with zero attached hydrogens (tertiary/aromatic N) is 1. The standard InChI is InChI=1S/C22H21N3O3S2/c1-12-6-17-15(10-28-19(17)7-13(12)2)8-21(27)25-22-24-18(11-29-22)20-5-4-16(30-20)9-23-14(3)26/h4-7,10-11H,8-9H2,1-3H3,(H,23,26)(H,24,25,27). The second-order valence-corrected chi connectivity index (χ2v) is 9.16. The summed E-state index contributed by atoms with van der Waals surface area (Å²) in [6.07, 6.45) is 1.88. The van der Waals surface area contributed by atoms with Crippen molar-refractivity contribution in [3.63, 3.8) is 0 Å². The number of thiazole rings is 1. The summed E-state index contributed by atoms with van der Waals surface area (Å²) in [5.74, 6) is -0.186. The Kier molecular flexibility index (Phi) is 5.69. The van der Waals surface area contributed by atoms with Crippen LogP contribution in [0.4, 0.5) is 5.13 Å². The smallest absolute Gasteiger partial charge is 0.230 e. The van der Waals surface area contributed by atoms with E-state index in [0.29, 0.717) is 11.7 Å². The molecule has 0 unspecified atom stereocenters. The topological polar surface area (TPSA) is 84.2 Å². The molecule has 0 spiro atoms. The zero-order valence-corrected chi connectivity index (χ0v) is 18.5. The largest absolute Gasteiger partial charge is 0.464 e. The van der Waals surface area contributed by atoms with E-state index in [1.165, 1.54) is 23.8 Å². The lowest BCUT2D eigenvalue weighted by atomic mass is 10.0. The van der Waals surface area contributed by atoms with E-state index in [0.717, 1.165) is 37.5 Å². The first-order valence-corrected chi connectivity index (χ1v) is 11.1. The Morgan fingerprint density at radius 3 is 2.77 bits per heavy atom. The highest BCUT2D eigenvalue weighted by molar-refractivity contribution is 7.17. The van der Waals surface area contributed by atoms with Crippen molar-refractivity contribution in [3.8, 4) is 10.6 Å². The number of nitrogens with one attached hydrogen (secondary N) is 2. The average Bonchev–Trinajstić information content (AvgIpc) is 3.42. The molecule has 0 aliphatic rings. The van der Waals surface area contributed by atoms with Crippen LogP contribution in [0.3, 0.4) is 0 Å². The molecule has 0 radical (unpaired) electrons. The molecule has 0 saturated heterocycles. The van der Waals surface area contributed by atoms with Gasteiger partial charge in [0.15, 0.2) is 5.13 Å². The van der Waals surface area contributed by atoms with Gasteiger partial charge in [0.05, 0.1) is 29.8 Å². The zero-order valence-electron chi connectivity index (χ0n) is 16.9. The molecule has 6 nitrogen and oxygen atoms in total. The number of aromatic nitrogens is 1. The summed E-state index contributed by atoms with van der Waals surface area (Å²) in [6, 6.07) is 8.01. The second kappa shape index (κ2) is 8.41. The minimum atomic E-state index is -0.130. The number of aryl methyl sites for hydroxylation is 2. The first-order chi connectivity index (χ1) is 14.4. The lowest BCUT2D eigenvalue weighted by molar-refractivity contribution is -0.119. The minimum absolute atomic E-state index is 0.0562.